The Morgan fingerprint density at radius 1 is 0.788 bits per heavy atom. The molecule has 0 aliphatic heterocycles. The average molecular weight is 490 g/mol. The third-order valence-corrected chi connectivity index (χ3v) is 13.5. The smallest absolute Gasteiger partial charge is 0.0976 e. The fourth-order valence-corrected chi connectivity index (χ4v) is 11.5. The van der Waals surface area contributed by atoms with Crippen LogP contribution in [0.3, 0.4) is 0 Å². The monoisotopic (exact) mass is 489 g/mol. The third kappa shape index (κ3) is 6.71. The molecule has 3 saturated carbocycles. The van der Waals surface area contributed by atoms with Crippen molar-refractivity contribution in [1.29, 1.82) is 0 Å². The summed E-state index contributed by atoms with van der Waals surface area (Å²) >= 11 is 0. The molecule has 186 valence electrons. The van der Waals surface area contributed by atoms with E-state index in [2.05, 4.69) is 49.8 Å². The Morgan fingerprint density at radius 3 is 1.79 bits per heavy atom. The molecule has 0 radical (unpaired) electrons. The fourth-order valence-electron chi connectivity index (χ4n) is 6.57. The highest BCUT2D eigenvalue weighted by Gasteiger charge is 2.37. The van der Waals surface area contributed by atoms with E-state index < -0.39 is 11.0 Å². The first-order chi connectivity index (χ1) is 15.9. The van der Waals surface area contributed by atoms with Gasteiger partial charge in [0.05, 0.1) is 15.7 Å². The predicted octanol–water partition coefficient (Wildman–Crippen LogP) is 8.13. The molecule has 1 aromatic rings. The first kappa shape index (κ1) is 25.8. The second kappa shape index (κ2) is 12.1. The van der Waals surface area contributed by atoms with Gasteiger partial charge in [0.15, 0.2) is 0 Å². The molecule has 0 unspecified atom stereocenters. The molecule has 1 aromatic carbocycles. The molecule has 33 heavy (non-hydrogen) atoms. The largest absolute Gasteiger partial charge is 0.242 e. The van der Waals surface area contributed by atoms with Crippen LogP contribution in [0.15, 0.2) is 24.3 Å². The van der Waals surface area contributed by atoms with Crippen LogP contribution in [0.5, 0.6) is 0 Å². The highest BCUT2D eigenvalue weighted by Crippen LogP contribution is 2.56. The van der Waals surface area contributed by atoms with Gasteiger partial charge in [0.25, 0.3) is 0 Å². The van der Waals surface area contributed by atoms with Crippen LogP contribution in [0.4, 0.5) is 0 Å². The topological polar surface area (TPSA) is 29.1 Å². The van der Waals surface area contributed by atoms with Crippen LogP contribution >= 0.6 is 7.92 Å². The van der Waals surface area contributed by atoms with Gasteiger partial charge in [-0.1, -0.05) is 90.0 Å². The van der Waals surface area contributed by atoms with Crippen LogP contribution in [0.1, 0.15) is 129 Å². The standard InChI is InChI=1S/C29H48NOPS/c1-29(2,3)33(31)30-28(23-15-7-4-8-16-23)26-21-13-14-22-27(26)32(24-17-9-5-10-18-24)25-19-11-6-12-20-25/h13-14,21-25,28,30H,4-12,15-20H2,1-3H3/t28-,33+/m0/s1. The van der Waals surface area contributed by atoms with Crippen LogP contribution in [-0.4, -0.2) is 20.3 Å². The number of rotatable bonds is 7. The van der Waals surface area contributed by atoms with Crippen molar-refractivity contribution in [3.8, 4) is 0 Å². The SMILES string of the molecule is CC(C)(C)[S@@](=O)N[C@H](c1ccccc1P(C1CCCCC1)C1CCCCC1)C1CCCCC1. The van der Waals surface area contributed by atoms with Gasteiger partial charge in [-0.05, 0) is 87.4 Å². The van der Waals surface area contributed by atoms with Crippen molar-refractivity contribution in [2.75, 3.05) is 0 Å². The summed E-state index contributed by atoms with van der Waals surface area (Å²) < 4.78 is 16.9. The molecule has 2 nitrogen and oxygen atoms in total. The van der Waals surface area contributed by atoms with Gasteiger partial charge in [0, 0.05) is 6.04 Å². The first-order valence-electron chi connectivity index (χ1n) is 14.0. The van der Waals surface area contributed by atoms with Gasteiger partial charge >= 0.3 is 0 Å². The lowest BCUT2D eigenvalue weighted by Gasteiger charge is -2.41. The summed E-state index contributed by atoms with van der Waals surface area (Å²) in [4.78, 5) is 0. The third-order valence-electron chi connectivity index (χ3n) is 8.40. The Hall–Kier alpha value is -0.240. The maximum absolute atomic E-state index is 13.4. The molecule has 0 saturated heterocycles. The zero-order valence-electron chi connectivity index (χ0n) is 21.5. The number of benzene rings is 1. The van der Waals surface area contributed by atoms with Gasteiger partial charge in [0.2, 0.25) is 0 Å². The van der Waals surface area contributed by atoms with Crippen molar-refractivity contribution >= 4 is 24.2 Å². The Bertz CT molecular complexity index is 739. The predicted molar refractivity (Wildman–Crippen MR) is 147 cm³/mol. The van der Waals surface area contributed by atoms with Crippen LogP contribution in [0, 0.1) is 5.92 Å². The lowest BCUT2D eigenvalue weighted by Crippen LogP contribution is -2.41. The molecule has 3 aliphatic rings. The molecule has 1 N–H and O–H groups in total. The molecule has 2 atom stereocenters. The summed E-state index contributed by atoms with van der Waals surface area (Å²) in [5.74, 6) is 0.612. The van der Waals surface area contributed by atoms with Crippen molar-refractivity contribution in [1.82, 2.24) is 4.72 Å². The Kier molecular flexibility index (Phi) is 9.50. The maximum Gasteiger partial charge on any atom is 0.0976 e. The summed E-state index contributed by atoms with van der Waals surface area (Å²) in [7, 11) is -1.20. The van der Waals surface area contributed by atoms with Gasteiger partial charge in [-0.2, -0.15) is 0 Å². The second-order valence-corrected chi connectivity index (χ2v) is 16.7. The average Bonchev–Trinajstić information content (AvgIpc) is 2.84. The fraction of sp³-hybridized carbons (Fsp3) is 0.793. The quantitative estimate of drug-likeness (QED) is 0.385. The first-order valence-corrected chi connectivity index (χ1v) is 16.6. The van der Waals surface area contributed by atoms with Crippen molar-refractivity contribution in [2.24, 2.45) is 5.92 Å². The zero-order valence-corrected chi connectivity index (χ0v) is 23.2. The van der Waals surface area contributed by atoms with E-state index in [9.17, 15) is 4.21 Å². The van der Waals surface area contributed by atoms with Crippen molar-refractivity contribution in [2.45, 2.75) is 139 Å². The van der Waals surface area contributed by atoms with Crippen LogP contribution in [0.2, 0.25) is 0 Å². The van der Waals surface area contributed by atoms with Crippen LogP contribution in [0.25, 0.3) is 0 Å². The molecule has 0 heterocycles. The van der Waals surface area contributed by atoms with Crippen molar-refractivity contribution in [3.05, 3.63) is 29.8 Å². The molecule has 0 aromatic heterocycles. The van der Waals surface area contributed by atoms with Crippen LogP contribution in [-0.2, 0) is 11.0 Å². The van der Waals surface area contributed by atoms with E-state index in [1.165, 1.54) is 102 Å². The normalized spacial score (nSPS) is 24.1. The van der Waals surface area contributed by atoms with Gasteiger partial charge in [0.1, 0.15) is 0 Å². The molecular weight excluding hydrogens is 441 g/mol. The summed E-state index contributed by atoms with van der Waals surface area (Å²) in [6.07, 6.45) is 20.9. The van der Waals surface area contributed by atoms with Gasteiger partial charge in [-0.3, -0.25) is 0 Å². The summed E-state index contributed by atoms with van der Waals surface area (Å²) in [6, 6.07) is 9.72. The molecule has 3 fully saturated rings. The Morgan fingerprint density at radius 2 is 1.27 bits per heavy atom. The van der Waals surface area contributed by atoms with Gasteiger partial charge < -0.3 is 0 Å². The second-order valence-electron chi connectivity index (χ2n) is 11.9. The van der Waals surface area contributed by atoms with E-state index >= 15 is 0 Å². The van der Waals surface area contributed by atoms with E-state index in [0.717, 1.165) is 11.3 Å². The lowest BCUT2D eigenvalue weighted by atomic mass is 9.81. The molecule has 0 spiro atoms. The minimum Gasteiger partial charge on any atom is -0.242 e. The van der Waals surface area contributed by atoms with E-state index in [4.69, 9.17) is 0 Å². The number of hydrogen-bond acceptors (Lipinski definition) is 1. The summed E-state index contributed by atoms with van der Waals surface area (Å²) in [5.41, 5.74) is 3.32. The maximum atomic E-state index is 13.4. The molecular formula is C29H48NOPS. The summed E-state index contributed by atoms with van der Waals surface area (Å²) in [6.45, 7) is 6.32. The van der Waals surface area contributed by atoms with E-state index in [1.54, 1.807) is 5.30 Å². The molecule has 4 rings (SSSR count). The van der Waals surface area contributed by atoms with Gasteiger partial charge in [-0.15, -0.1) is 0 Å². The molecule has 4 heteroatoms. The zero-order chi connectivity index (χ0) is 23.3. The van der Waals surface area contributed by atoms with Crippen molar-refractivity contribution in [3.63, 3.8) is 0 Å². The van der Waals surface area contributed by atoms with Gasteiger partial charge in [-0.25, -0.2) is 8.93 Å². The molecule has 0 amide bonds. The number of hydrogen-bond donors (Lipinski definition) is 1. The van der Waals surface area contributed by atoms with Crippen LogP contribution < -0.4 is 10.0 Å². The van der Waals surface area contributed by atoms with E-state index in [-0.39, 0.29) is 18.7 Å². The van der Waals surface area contributed by atoms with Crippen molar-refractivity contribution < 1.29 is 4.21 Å². The Balaban J connectivity index is 1.72. The Labute approximate surface area is 207 Å². The highest BCUT2D eigenvalue weighted by atomic mass is 32.2. The molecule has 3 aliphatic carbocycles. The molecule has 0 bridgehead atoms. The van der Waals surface area contributed by atoms with E-state index in [0.29, 0.717) is 5.92 Å². The minimum atomic E-state index is -1.04. The minimum absolute atomic E-state index is 0.158. The summed E-state index contributed by atoms with van der Waals surface area (Å²) in [5, 5.41) is 1.68. The highest BCUT2D eigenvalue weighted by molar-refractivity contribution is 7.84. The lowest BCUT2D eigenvalue weighted by molar-refractivity contribution is 0.296. The van der Waals surface area contributed by atoms with E-state index in [1.807, 2.05) is 0 Å². The number of nitrogens with one attached hydrogen (secondary N) is 1.